The van der Waals surface area contributed by atoms with Gasteiger partial charge in [0.1, 0.15) is 5.75 Å². The summed E-state index contributed by atoms with van der Waals surface area (Å²) in [6, 6.07) is 5.05. The van der Waals surface area contributed by atoms with Crippen LogP contribution in [0.15, 0.2) is 18.2 Å². The monoisotopic (exact) mass is 255 g/mol. The fourth-order valence-electron chi connectivity index (χ4n) is 1.80. The van der Waals surface area contributed by atoms with Gasteiger partial charge in [-0.05, 0) is 24.6 Å². The Kier molecular flexibility index (Phi) is 5.45. The zero-order chi connectivity index (χ0) is 12.8. The second-order valence-electron chi connectivity index (χ2n) is 3.93. The minimum absolute atomic E-state index is 0.00806. The lowest BCUT2D eigenvalue weighted by Crippen LogP contribution is -2.24. The number of carbonyl (C=O) groups excluding carboxylic acids is 1. The average Bonchev–Trinajstić information content (AvgIpc) is 2.35. The number of nitrogens with two attached hydrogens (primary N) is 1. The molecular weight excluding hydrogens is 238 g/mol. The highest BCUT2D eigenvalue weighted by Crippen LogP contribution is 2.26. The Morgan fingerprint density at radius 1 is 1.53 bits per heavy atom. The van der Waals surface area contributed by atoms with E-state index in [9.17, 15) is 4.79 Å². The second kappa shape index (κ2) is 6.62. The predicted molar refractivity (Wildman–Crippen MR) is 69.8 cm³/mol. The van der Waals surface area contributed by atoms with Gasteiger partial charge in [-0.2, -0.15) is 0 Å². The third kappa shape index (κ3) is 3.45. The van der Waals surface area contributed by atoms with Crippen LogP contribution < -0.4 is 10.5 Å². The highest BCUT2D eigenvalue weighted by atomic mass is 35.5. The largest absolute Gasteiger partial charge is 0.496 e. The Labute approximate surface area is 107 Å². The zero-order valence-electron chi connectivity index (χ0n) is 10.2. The van der Waals surface area contributed by atoms with Gasteiger partial charge in [0.2, 0.25) is 0 Å². The van der Waals surface area contributed by atoms with Gasteiger partial charge in [0.15, 0.2) is 5.78 Å². The quantitative estimate of drug-likeness (QED) is 0.796. The first-order valence-electron chi connectivity index (χ1n) is 5.71. The molecule has 4 heteroatoms. The summed E-state index contributed by atoms with van der Waals surface area (Å²) < 4.78 is 5.17. The summed E-state index contributed by atoms with van der Waals surface area (Å²) in [5.74, 6) is 0.398. The van der Waals surface area contributed by atoms with E-state index in [1.165, 1.54) is 7.11 Å². The molecule has 0 saturated carbocycles. The Balaban J connectivity index is 3.04. The van der Waals surface area contributed by atoms with E-state index in [0.29, 0.717) is 22.9 Å². The van der Waals surface area contributed by atoms with E-state index in [1.807, 2.05) is 6.92 Å². The average molecular weight is 256 g/mol. The summed E-state index contributed by atoms with van der Waals surface area (Å²) in [6.45, 7) is 2.38. The standard InChI is InChI=1S/C13H18ClNO2/c1-3-4-9(8-15)13(16)11-7-10(14)5-6-12(11)17-2/h5-7,9H,3-4,8,15H2,1-2H3. The van der Waals surface area contributed by atoms with Crippen molar-refractivity contribution in [1.29, 1.82) is 0 Å². The van der Waals surface area contributed by atoms with E-state index in [0.717, 1.165) is 12.8 Å². The number of ketones is 1. The van der Waals surface area contributed by atoms with Crippen molar-refractivity contribution in [2.75, 3.05) is 13.7 Å². The minimum atomic E-state index is -0.160. The molecule has 0 bridgehead atoms. The predicted octanol–water partition coefficient (Wildman–Crippen LogP) is 2.91. The maximum absolute atomic E-state index is 12.3. The van der Waals surface area contributed by atoms with Crippen LogP contribution in [-0.2, 0) is 0 Å². The van der Waals surface area contributed by atoms with Gasteiger partial charge < -0.3 is 10.5 Å². The van der Waals surface area contributed by atoms with Crippen LogP contribution in [0.1, 0.15) is 30.1 Å². The molecule has 3 nitrogen and oxygen atoms in total. The normalized spacial score (nSPS) is 12.2. The van der Waals surface area contributed by atoms with Crippen LogP contribution in [-0.4, -0.2) is 19.4 Å². The van der Waals surface area contributed by atoms with Gasteiger partial charge in [0.25, 0.3) is 0 Å². The summed E-state index contributed by atoms with van der Waals surface area (Å²) in [4.78, 5) is 12.3. The number of ether oxygens (including phenoxy) is 1. The summed E-state index contributed by atoms with van der Waals surface area (Å²) >= 11 is 5.90. The SMILES string of the molecule is CCCC(CN)C(=O)c1cc(Cl)ccc1OC. The fraction of sp³-hybridized carbons (Fsp3) is 0.462. The molecule has 1 unspecified atom stereocenters. The molecule has 0 aliphatic rings. The van der Waals surface area contributed by atoms with Crippen LogP contribution in [0.3, 0.4) is 0 Å². The van der Waals surface area contributed by atoms with E-state index in [4.69, 9.17) is 22.1 Å². The smallest absolute Gasteiger partial charge is 0.170 e. The number of rotatable bonds is 6. The lowest BCUT2D eigenvalue weighted by atomic mass is 9.93. The molecule has 0 aromatic heterocycles. The van der Waals surface area contributed by atoms with Crippen molar-refractivity contribution in [2.24, 2.45) is 11.7 Å². The first-order valence-corrected chi connectivity index (χ1v) is 6.09. The second-order valence-corrected chi connectivity index (χ2v) is 4.37. The van der Waals surface area contributed by atoms with Crippen molar-refractivity contribution in [3.8, 4) is 5.75 Å². The van der Waals surface area contributed by atoms with E-state index in [2.05, 4.69) is 0 Å². The molecule has 1 atom stereocenters. The first kappa shape index (κ1) is 14.0. The third-order valence-electron chi connectivity index (χ3n) is 2.72. The molecule has 1 aromatic rings. The molecule has 0 radical (unpaired) electrons. The van der Waals surface area contributed by atoms with E-state index < -0.39 is 0 Å². The molecule has 94 valence electrons. The van der Waals surface area contributed by atoms with Crippen molar-refractivity contribution in [2.45, 2.75) is 19.8 Å². The van der Waals surface area contributed by atoms with E-state index >= 15 is 0 Å². The van der Waals surface area contributed by atoms with Gasteiger partial charge in [-0.3, -0.25) is 4.79 Å². The molecular formula is C13H18ClNO2. The number of benzene rings is 1. The molecule has 0 amide bonds. The van der Waals surface area contributed by atoms with Crippen LogP contribution >= 0.6 is 11.6 Å². The molecule has 0 heterocycles. The molecule has 17 heavy (non-hydrogen) atoms. The highest BCUT2D eigenvalue weighted by molar-refractivity contribution is 6.31. The van der Waals surface area contributed by atoms with Crippen LogP contribution in [0.2, 0.25) is 5.02 Å². The maximum Gasteiger partial charge on any atom is 0.170 e. The van der Waals surface area contributed by atoms with Gasteiger partial charge in [-0.25, -0.2) is 0 Å². The Hall–Kier alpha value is -1.06. The van der Waals surface area contributed by atoms with E-state index in [-0.39, 0.29) is 11.7 Å². The fourth-order valence-corrected chi connectivity index (χ4v) is 1.97. The van der Waals surface area contributed by atoms with Crippen molar-refractivity contribution >= 4 is 17.4 Å². The van der Waals surface area contributed by atoms with Gasteiger partial charge in [-0.1, -0.05) is 24.9 Å². The molecule has 0 spiro atoms. The summed E-state index contributed by atoms with van der Waals surface area (Å²) in [7, 11) is 1.54. The maximum atomic E-state index is 12.3. The lowest BCUT2D eigenvalue weighted by molar-refractivity contribution is 0.0914. The number of hydrogen-bond donors (Lipinski definition) is 1. The third-order valence-corrected chi connectivity index (χ3v) is 2.95. The molecule has 1 aromatic carbocycles. The highest BCUT2D eigenvalue weighted by Gasteiger charge is 2.21. The Morgan fingerprint density at radius 2 is 2.24 bits per heavy atom. The molecule has 0 fully saturated rings. The summed E-state index contributed by atoms with van der Waals surface area (Å²) in [5, 5.41) is 0.529. The van der Waals surface area contributed by atoms with Gasteiger partial charge in [0, 0.05) is 17.5 Å². The summed E-state index contributed by atoms with van der Waals surface area (Å²) in [6.07, 6.45) is 1.71. The van der Waals surface area contributed by atoms with Crippen LogP contribution in [0.5, 0.6) is 5.75 Å². The summed E-state index contributed by atoms with van der Waals surface area (Å²) in [5.41, 5.74) is 6.15. The van der Waals surface area contributed by atoms with Crippen molar-refractivity contribution in [3.05, 3.63) is 28.8 Å². The molecule has 0 aliphatic carbocycles. The Bertz CT molecular complexity index is 393. The number of hydrogen-bond acceptors (Lipinski definition) is 3. The van der Waals surface area contributed by atoms with Crippen molar-refractivity contribution < 1.29 is 9.53 Å². The first-order chi connectivity index (χ1) is 8.13. The molecule has 2 N–H and O–H groups in total. The number of methoxy groups -OCH3 is 1. The van der Waals surface area contributed by atoms with Gasteiger partial charge >= 0.3 is 0 Å². The molecule has 0 saturated heterocycles. The van der Waals surface area contributed by atoms with Crippen molar-refractivity contribution in [1.82, 2.24) is 0 Å². The van der Waals surface area contributed by atoms with Crippen LogP contribution in [0, 0.1) is 5.92 Å². The topological polar surface area (TPSA) is 52.3 Å². The molecule has 1 rings (SSSR count). The zero-order valence-corrected chi connectivity index (χ0v) is 11.0. The van der Waals surface area contributed by atoms with E-state index in [1.54, 1.807) is 18.2 Å². The number of carbonyl (C=O) groups is 1. The minimum Gasteiger partial charge on any atom is -0.496 e. The number of Topliss-reactive ketones (excluding diaryl/α,β-unsaturated/α-hetero) is 1. The van der Waals surface area contributed by atoms with Crippen LogP contribution in [0.4, 0.5) is 0 Å². The molecule has 0 aliphatic heterocycles. The van der Waals surface area contributed by atoms with Gasteiger partial charge in [0.05, 0.1) is 12.7 Å². The number of halogens is 1. The Morgan fingerprint density at radius 3 is 2.76 bits per heavy atom. The lowest BCUT2D eigenvalue weighted by Gasteiger charge is -2.15. The van der Waals surface area contributed by atoms with Crippen LogP contribution in [0.25, 0.3) is 0 Å². The van der Waals surface area contributed by atoms with Gasteiger partial charge in [-0.15, -0.1) is 0 Å². The van der Waals surface area contributed by atoms with Crippen molar-refractivity contribution in [3.63, 3.8) is 0 Å².